The first-order valence-electron chi connectivity index (χ1n) is 9.15. The van der Waals surface area contributed by atoms with E-state index < -0.39 is 5.97 Å². The lowest BCUT2D eigenvalue weighted by molar-refractivity contribution is 0.0695. The van der Waals surface area contributed by atoms with Gasteiger partial charge >= 0.3 is 5.97 Å². The molecular formula is C22H22N2O2S. The summed E-state index contributed by atoms with van der Waals surface area (Å²) in [6, 6.07) is 10.8. The van der Waals surface area contributed by atoms with E-state index in [9.17, 15) is 9.90 Å². The molecule has 0 aliphatic carbocycles. The molecule has 1 N–H and O–H groups in total. The van der Waals surface area contributed by atoms with E-state index in [1.807, 2.05) is 0 Å². The van der Waals surface area contributed by atoms with Crippen molar-refractivity contribution >= 4 is 17.3 Å². The van der Waals surface area contributed by atoms with Crippen molar-refractivity contribution < 1.29 is 9.90 Å². The third-order valence-corrected chi connectivity index (χ3v) is 6.13. The quantitative estimate of drug-likeness (QED) is 0.701. The number of nitrogens with zero attached hydrogens (tertiary/aromatic N) is 2. The maximum Gasteiger partial charge on any atom is 0.336 e. The average molecular weight is 378 g/mol. The molecule has 3 heterocycles. The number of hydrogen-bond acceptors (Lipinski definition) is 4. The van der Waals surface area contributed by atoms with Gasteiger partial charge in [-0.1, -0.05) is 18.2 Å². The molecule has 0 bridgehead atoms. The van der Waals surface area contributed by atoms with E-state index in [4.69, 9.17) is 0 Å². The lowest BCUT2D eigenvalue weighted by Crippen LogP contribution is -2.32. The minimum atomic E-state index is -0.884. The van der Waals surface area contributed by atoms with Gasteiger partial charge in [0.25, 0.3) is 0 Å². The summed E-state index contributed by atoms with van der Waals surface area (Å²) >= 11 is 1.72. The number of aromatic nitrogens is 1. The summed E-state index contributed by atoms with van der Waals surface area (Å²) in [5.41, 5.74) is 6.49. The third kappa shape index (κ3) is 3.66. The second-order valence-corrected chi connectivity index (χ2v) is 7.83. The van der Waals surface area contributed by atoms with Crippen LogP contribution in [0.15, 0.2) is 53.5 Å². The highest BCUT2D eigenvalue weighted by atomic mass is 32.1. The number of pyridine rings is 1. The zero-order chi connectivity index (χ0) is 18.8. The van der Waals surface area contributed by atoms with Gasteiger partial charge in [0.05, 0.1) is 5.56 Å². The second-order valence-electron chi connectivity index (χ2n) is 7.05. The van der Waals surface area contributed by atoms with Crippen LogP contribution in [0, 0.1) is 0 Å². The Hall–Kier alpha value is -2.50. The standard InChI is InChI=1S/C22H22N2O2S/c1-24-10-7-16-12-15(18-8-11-27-14-18)2-4-19(16)21(24)5-3-17-13-23-9-6-20(17)22(25)26/h2,4,6,8-9,11-14,21H,3,5,7,10H2,1H3,(H,25,26)/t21-/m1/s1. The summed E-state index contributed by atoms with van der Waals surface area (Å²) in [4.78, 5) is 17.9. The predicted octanol–water partition coefficient (Wildman–Crippen LogP) is 4.67. The number of aryl methyl sites for hydroxylation is 1. The number of benzene rings is 1. The molecule has 0 saturated heterocycles. The van der Waals surface area contributed by atoms with Gasteiger partial charge in [-0.2, -0.15) is 11.3 Å². The van der Waals surface area contributed by atoms with Gasteiger partial charge in [0.2, 0.25) is 0 Å². The second kappa shape index (κ2) is 7.62. The van der Waals surface area contributed by atoms with Gasteiger partial charge < -0.3 is 5.11 Å². The topological polar surface area (TPSA) is 53.4 Å². The molecule has 3 aromatic rings. The molecule has 4 rings (SSSR count). The molecule has 1 aliphatic heterocycles. The number of carbonyl (C=O) groups is 1. The van der Waals surface area contributed by atoms with Crippen molar-refractivity contribution in [3.63, 3.8) is 0 Å². The summed E-state index contributed by atoms with van der Waals surface area (Å²) < 4.78 is 0. The molecule has 27 heavy (non-hydrogen) atoms. The smallest absolute Gasteiger partial charge is 0.336 e. The number of carboxylic acid groups (broad SMARTS) is 1. The molecule has 1 aliphatic rings. The Labute approximate surface area is 163 Å². The molecule has 2 aromatic heterocycles. The first kappa shape index (κ1) is 17.9. The summed E-state index contributed by atoms with van der Waals surface area (Å²) in [7, 11) is 2.15. The minimum absolute atomic E-state index is 0.298. The number of thiophene rings is 1. The molecular weight excluding hydrogens is 356 g/mol. The van der Waals surface area contributed by atoms with Crippen molar-refractivity contribution in [2.75, 3.05) is 13.6 Å². The largest absolute Gasteiger partial charge is 0.478 e. The summed E-state index contributed by atoms with van der Waals surface area (Å²) in [6.07, 6.45) is 5.87. The number of hydrogen-bond donors (Lipinski definition) is 1. The van der Waals surface area contributed by atoms with Crippen LogP contribution in [-0.2, 0) is 12.8 Å². The lowest BCUT2D eigenvalue weighted by Gasteiger charge is -2.35. The van der Waals surface area contributed by atoms with E-state index in [0.29, 0.717) is 18.0 Å². The molecule has 1 atom stereocenters. The fraction of sp³-hybridized carbons (Fsp3) is 0.273. The number of rotatable bonds is 5. The summed E-state index contributed by atoms with van der Waals surface area (Å²) in [5, 5.41) is 13.7. The van der Waals surface area contributed by atoms with E-state index in [1.54, 1.807) is 29.8 Å². The molecule has 138 valence electrons. The number of aromatic carboxylic acids is 1. The fourth-order valence-corrected chi connectivity index (χ4v) is 4.61. The highest BCUT2D eigenvalue weighted by Crippen LogP contribution is 2.35. The zero-order valence-corrected chi connectivity index (χ0v) is 16.1. The maximum atomic E-state index is 11.4. The Morgan fingerprint density at radius 1 is 1.30 bits per heavy atom. The van der Waals surface area contributed by atoms with Crippen LogP contribution in [0.4, 0.5) is 0 Å². The van der Waals surface area contributed by atoms with E-state index >= 15 is 0 Å². The van der Waals surface area contributed by atoms with E-state index in [-0.39, 0.29) is 0 Å². The highest BCUT2D eigenvalue weighted by Gasteiger charge is 2.25. The van der Waals surface area contributed by atoms with E-state index in [2.05, 4.69) is 52.0 Å². The van der Waals surface area contributed by atoms with Crippen LogP contribution in [0.3, 0.4) is 0 Å². The van der Waals surface area contributed by atoms with Crippen molar-refractivity contribution in [2.45, 2.75) is 25.3 Å². The van der Waals surface area contributed by atoms with Gasteiger partial charge in [-0.25, -0.2) is 4.79 Å². The monoisotopic (exact) mass is 378 g/mol. The summed E-state index contributed by atoms with van der Waals surface area (Å²) in [5.74, 6) is -0.884. The van der Waals surface area contributed by atoms with Crippen molar-refractivity contribution in [1.29, 1.82) is 0 Å². The molecule has 4 nitrogen and oxygen atoms in total. The molecule has 0 amide bonds. The first-order chi connectivity index (χ1) is 13.1. The Balaban J connectivity index is 1.58. The van der Waals surface area contributed by atoms with Crippen LogP contribution in [0.2, 0.25) is 0 Å². The van der Waals surface area contributed by atoms with Gasteiger partial charge in [-0.3, -0.25) is 9.88 Å². The SMILES string of the molecule is CN1CCc2cc(-c3ccsc3)ccc2[C@H]1CCc1cnccc1C(=O)O. The molecule has 0 fully saturated rings. The van der Waals surface area contributed by atoms with Crippen LogP contribution in [0.1, 0.15) is 39.5 Å². The Morgan fingerprint density at radius 3 is 2.96 bits per heavy atom. The van der Waals surface area contributed by atoms with Crippen LogP contribution in [0.25, 0.3) is 11.1 Å². The highest BCUT2D eigenvalue weighted by molar-refractivity contribution is 7.08. The van der Waals surface area contributed by atoms with Gasteiger partial charge in [0.15, 0.2) is 0 Å². The average Bonchev–Trinajstić information content (AvgIpc) is 3.22. The normalized spacial score (nSPS) is 16.9. The maximum absolute atomic E-state index is 11.4. The zero-order valence-electron chi connectivity index (χ0n) is 15.3. The molecule has 0 spiro atoms. The molecule has 0 radical (unpaired) electrons. The molecule has 0 unspecified atom stereocenters. The third-order valence-electron chi connectivity index (χ3n) is 5.44. The van der Waals surface area contributed by atoms with Gasteiger partial charge in [0, 0.05) is 25.0 Å². The number of fused-ring (bicyclic) bond motifs is 1. The summed E-state index contributed by atoms with van der Waals surface area (Å²) in [6.45, 7) is 1.02. The number of carboxylic acids is 1. The van der Waals surface area contributed by atoms with Crippen LogP contribution in [-0.4, -0.2) is 34.6 Å². The minimum Gasteiger partial charge on any atom is -0.478 e. The molecule has 5 heteroatoms. The van der Waals surface area contributed by atoms with Crippen molar-refractivity contribution in [2.24, 2.45) is 0 Å². The van der Waals surface area contributed by atoms with Crippen molar-refractivity contribution in [3.05, 3.63) is 75.7 Å². The van der Waals surface area contributed by atoms with Gasteiger partial charge in [-0.15, -0.1) is 0 Å². The van der Waals surface area contributed by atoms with Gasteiger partial charge in [0.1, 0.15) is 0 Å². The Kier molecular flexibility index (Phi) is 5.05. The van der Waals surface area contributed by atoms with E-state index in [1.165, 1.54) is 22.3 Å². The van der Waals surface area contributed by atoms with Crippen LogP contribution in [0.5, 0.6) is 0 Å². The lowest BCUT2D eigenvalue weighted by atomic mass is 9.87. The fourth-order valence-electron chi connectivity index (χ4n) is 3.95. The van der Waals surface area contributed by atoms with E-state index in [0.717, 1.165) is 24.9 Å². The predicted molar refractivity (Wildman–Crippen MR) is 108 cm³/mol. The van der Waals surface area contributed by atoms with Crippen molar-refractivity contribution in [1.82, 2.24) is 9.88 Å². The molecule has 1 aromatic carbocycles. The molecule has 0 saturated carbocycles. The Morgan fingerprint density at radius 2 is 2.19 bits per heavy atom. The van der Waals surface area contributed by atoms with Crippen LogP contribution < -0.4 is 0 Å². The van der Waals surface area contributed by atoms with Crippen molar-refractivity contribution in [3.8, 4) is 11.1 Å². The van der Waals surface area contributed by atoms with Crippen LogP contribution >= 0.6 is 11.3 Å². The van der Waals surface area contributed by atoms with Gasteiger partial charge in [-0.05, 0) is 77.0 Å². The first-order valence-corrected chi connectivity index (χ1v) is 10.1. The Bertz CT molecular complexity index is 953. The number of likely N-dealkylation sites (N-methyl/N-ethyl adjacent to an activating group) is 1.